The predicted molar refractivity (Wildman–Crippen MR) is 59.5 cm³/mol. The molecule has 0 spiro atoms. The van der Waals surface area contributed by atoms with Crippen LogP contribution in [0.15, 0.2) is 18.2 Å². The first-order chi connectivity index (χ1) is 7.54. The third-order valence-corrected chi connectivity index (χ3v) is 2.35. The Bertz CT molecular complexity index is 379. The standard InChI is InChI=1S/C12H16FNO2/c1-8-4-5-11(13)10(6-8)7-14-9(2)12(15)16-3/h4-6,9,14H,7H2,1-3H3/t9-/m0/s1. The first-order valence-electron chi connectivity index (χ1n) is 5.11. The van der Waals surface area contributed by atoms with E-state index in [-0.39, 0.29) is 11.8 Å². The van der Waals surface area contributed by atoms with Gasteiger partial charge in [-0.1, -0.05) is 17.7 Å². The van der Waals surface area contributed by atoms with Crippen LogP contribution in [0.4, 0.5) is 4.39 Å². The zero-order chi connectivity index (χ0) is 12.1. The van der Waals surface area contributed by atoms with Crippen LogP contribution in [0.2, 0.25) is 0 Å². The van der Waals surface area contributed by atoms with Crippen molar-refractivity contribution in [2.24, 2.45) is 0 Å². The van der Waals surface area contributed by atoms with Crippen LogP contribution in [0.5, 0.6) is 0 Å². The fourth-order valence-corrected chi connectivity index (χ4v) is 1.36. The van der Waals surface area contributed by atoms with E-state index in [2.05, 4.69) is 10.1 Å². The quantitative estimate of drug-likeness (QED) is 0.794. The molecule has 1 rings (SSSR count). The van der Waals surface area contributed by atoms with Gasteiger partial charge in [-0.3, -0.25) is 4.79 Å². The summed E-state index contributed by atoms with van der Waals surface area (Å²) in [4.78, 5) is 11.1. The third kappa shape index (κ3) is 3.31. The highest BCUT2D eigenvalue weighted by molar-refractivity contribution is 5.75. The lowest BCUT2D eigenvalue weighted by atomic mass is 10.1. The van der Waals surface area contributed by atoms with Gasteiger partial charge < -0.3 is 10.1 Å². The lowest BCUT2D eigenvalue weighted by molar-refractivity contribution is -0.142. The molecule has 0 bridgehead atoms. The van der Waals surface area contributed by atoms with Crippen molar-refractivity contribution < 1.29 is 13.9 Å². The Morgan fingerprint density at radius 2 is 2.25 bits per heavy atom. The number of ether oxygens (including phenoxy) is 1. The van der Waals surface area contributed by atoms with E-state index in [1.54, 1.807) is 19.1 Å². The van der Waals surface area contributed by atoms with E-state index in [0.717, 1.165) is 5.56 Å². The van der Waals surface area contributed by atoms with Crippen molar-refractivity contribution in [1.29, 1.82) is 0 Å². The molecule has 0 unspecified atom stereocenters. The average molecular weight is 225 g/mol. The highest BCUT2D eigenvalue weighted by Crippen LogP contribution is 2.09. The van der Waals surface area contributed by atoms with E-state index >= 15 is 0 Å². The van der Waals surface area contributed by atoms with Gasteiger partial charge in [-0.2, -0.15) is 0 Å². The van der Waals surface area contributed by atoms with Gasteiger partial charge in [0.2, 0.25) is 0 Å². The van der Waals surface area contributed by atoms with Crippen molar-refractivity contribution in [3.05, 3.63) is 35.1 Å². The summed E-state index contributed by atoms with van der Waals surface area (Å²) < 4.78 is 17.9. The van der Waals surface area contributed by atoms with Crippen LogP contribution < -0.4 is 5.32 Å². The van der Waals surface area contributed by atoms with E-state index in [1.807, 2.05) is 6.92 Å². The SMILES string of the molecule is COC(=O)[C@H](C)NCc1cc(C)ccc1F. The number of esters is 1. The summed E-state index contributed by atoms with van der Waals surface area (Å²) in [5, 5.41) is 2.90. The summed E-state index contributed by atoms with van der Waals surface area (Å²) in [6, 6.07) is 4.45. The van der Waals surface area contributed by atoms with Gasteiger partial charge in [0.1, 0.15) is 11.9 Å². The Labute approximate surface area is 94.6 Å². The molecule has 4 heteroatoms. The number of carbonyl (C=O) groups excluding carboxylic acids is 1. The fraction of sp³-hybridized carbons (Fsp3) is 0.417. The summed E-state index contributed by atoms with van der Waals surface area (Å²) in [5.41, 5.74) is 1.54. The minimum Gasteiger partial charge on any atom is -0.468 e. The molecule has 1 aromatic carbocycles. The van der Waals surface area contributed by atoms with Gasteiger partial charge in [0.05, 0.1) is 7.11 Å². The van der Waals surface area contributed by atoms with E-state index in [9.17, 15) is 9.18 Å². The van der Waals surface area contributed by atoms with Crippen molar-refractivity contribution in [3.63, 3.8) is 0 Å². The number of carbonyl (C=O) groups is 1. The predicted octanol–water partition coefficient (Wildman–Crippen LogP) is 1.79. The maximum atomic E-state index is 13.3. The molecule has 0 aromatic heterocycles. The molecular formula is C12H16FNO2. The number of nitrogens with one attached hydrogen (secondary N) is 1. The number of benzene rings is 1. The van der Waals surface area contributed by atoms with Gasteiger partial charge >= 0.3 is 5.97 Å². The van der Waals surface area contributed by atoms with Gasteiger partial charge in [0.25, 0.3) is 0 Å². The number of halogens is 1. The second-order valence-corrected chi connectivity index (χ2v) is 3.72. The summed E-state index contributed by atoms with van der Waals surface area (Å²) in [6.07, 6.45) is 0. The highest BCUT2D eigenvalue weighted by atomic mass is 19.1. The molecule has 1 atom stereocenters. The Kier molecular flexibility index (Phi) is 4.43. The summed E-state index contributed by atoms with van der Waals surface area (Å²) in [7, 11) is 1.33. The normalized spacial score (nSPS) is 12.2. The van der Waals surface area contributed by atoms with Crippen LogP contribution in [0.25, 0.3) is 0 Å². The Balaban J connectivity index is 2.60. The average Bonchev–Trinajstić information content (AvgIpc) is 2.28. The fourth-order valence-electron chi connectivity index (χ4n) is 1.36. The first kappa shape index (κ1) is 12.6. The van der Waals surface area contributed by atoms with Gasteiger partial charge in [-0.15, -0.1) is 0 Å². The molecule has 0 aliphatic heterocycles. The van der Waals surface area contributed by atoms with Crippen molar-refractivity contribution >= 4 is 5.97 Å². The van der Waals surface area contributed by atoms with Gasteiger partial charge in [0.15, 0.2) is 0 Å². The largest absolute Gasteiger partial charge is 0.468 e. The molecule has 0 aliphatic rings. The summed E-state index contributed by atoms with van der Waals surface area (Å²) in [6.45, 7) is 3.88. The lowest BCUT2D eigenvalue weighted by Gasteiger charge is -2.12. The Hall–Kier alpha value is -1.42. The van der Waals surface area contributed by atoms with Crippen molar-refractivity contribution in [3.8, 4) is 0 Å². The van der Waals surface area contributed by atoms with E-state index < -0.39 is 6.04 Å². The molecule has 0 saturated heterocycles. The Morgan fingerprint density at radius 1 is 1.56 bits per heavy atom. The molecule has 0 radical (unpaired) electrons. The zero-order valence-corrected chi connectivity index (χ0v) is 9.71. The maximum Gasteiger partial charge on any atom is 0.322 e. The first-order valence-corrected chi connectivity index (χ1v) is 5.11. The monoisotopic (exact) mass is 225 g/mol. The van der Waals surface area contributed by atoms with Crippen LogP contribution in [-0.2, 0) is 16.1 Å². The Morgan fingerprint density at radius 3 is 2.88 bits per heavy atom. The topological polar surface area (TPSA) is 38.3 Å². The molecule has 0 fully saturated rings. The van der Waals surface area contributed by atoms with Crippen molar-refractivity contribution in [2.45, 2.75) is 26.4 Å². The molecule has 0 amide bonds. The van der Waals surface area contributed by atoms with Crippen LogP contribution >= 0.6 is 0 Å². The minimum atomic E-state index is -0.440. The summed E-state index contributed by atoms with van der Waals surface area (Å²) >= 11 is 0. The van der Waals surface area contributed by atoms with E-state index in [1.165, 1.54) is 13.2 Å². The van der Waals surface area contributed by atoms with Crippen molar-refractivity contribution in [2.75, 3.05) is 7.11 Å². The zero-order valence-electron chi connectivity index (χ0n) is 9.71. The third-order valence-electron chi connectivity index (χ3n) is 2.35. The van der Waals surface area contributed by atoms with Crippen LogP contribution in [0.1, 0.15) is 18.1 Å². The highest BCUT2D eigenvalue weighted by Gasteiger charge is 2.12. The molecule has 0 aliphatic carbocycles. The van der Waals surface area contributed by atoms with Gasteiger partial charge in [0, 0.05) is 12.1 Å². The molecule has 1 N–H and O–H groups in total. The molecule has 1 aromatic rings. The second kappa shape index (κ2) is 5.61. The number of aryl methyl sites for hydroxylation is 1. The molecular weight excluding hydrogens is 209 g/mol. The molecule has 88 valence electrons. The molecule has 16 heavy (non-hydrogen) atoms. The smallest absolute Gasteiger partial charge is 0.322 e. The van der Waals surface area contributed by atoms with Crippen molar-refractivity contribution in [1.82, 2.24) is 5.32 Å². The van der Waals surface area contributed by atoms with Crippen LogP contribution in [0, 0.1) is 12.7 Å². The molecule has 3 nitrogen and oxygen atoms in total. The van der Waals surface area contributed by atoms with E-state index in [0.29, 0.717) is 12.1 Å². The minimum absolute atomic E-state index is 0.268. The summed E-state index contributed by atoms with van der Waals surface area (Å²) in [5.74, 6) is -0.622. The van der Waals surface area contributed by atoms with E-state index in [4.69, 9.17) is 0 Å². The number of methoxy groups -OCH3 is 1. The second-order valence-electron chi connectivity index (χ2n) is 3.72. The number of rotatable bonds is 4. The van der Waals surface area contributed by atoms with Gasteiger partial charge in [-0.05, 0) is 19.9 Å². The van der Waals surface area contributed by atoms with Crippen LogP contribution in [-0.4, -0.2) is 19.1 Å². The lowest BCUT2D eigenvalue weighted by Crippen LogP contribution is -2.34. The maximum absolute atomic E-state index is 13.3. The van der Waals surface area contributed by atoms with Crippen LogP contribution in [0.3, 0.4) is 0 Å². The number of hydrogen-bond acceptors (Lipinski definition) is 3. The molecule has 0 saturated carbocycles. The van der Waals surface area contributed by atoms with Gasteiger partial charge in [-0.25, -0.2) is 4.39 Å². The number of hydrogen-bond donors (Lipinski definition) is 1. The molecule has 0 heterocycles.